The highest BCUT2D eigenvalue weighted by Gasteiger charge is 2.31. The summed E-state index contributed by atoms with van der Waals surface area (Å²) in [7, 11) is 0. The minimum atomic E-state index is -1.67. The lowest BCUT2D eigenvalue weighted by Gasteiger charge is -2.24. The SMILES string of the molecule is CSCCC(NC(=O)C(N)CC(=O)O)C(=O)NC(CC(=O)O)C(=O)NC(CCCN=C(N)N)C(=O)O. The van der Waals surface area contributed by atoms with Crippen LogP contribution in [0.1, 0.15) is 32.1 Å². The van der Waals surface area contributed by atoms with Crippen molar-refractivity contribution < 1.29 is 44.1 Å². The highest BCUT2D eigenvalue weighted by Crippen LogP contribution is 2.05. The molecule has 0 saturated heterocycles. The predicted molar refractivity (Wildman–Crippen MR) is 129 cm³/mol. The van der Waals surface area contributed by atoms with E-state index in [4.69, 9.17) is 27.4 Å². The molecule has 0 aliphatic rings. The maximum Gasteiger partial charge on any atom is 0.326 e. The number of thioether (sulfide) groups is 1. The van der Waals surface area contributed by atoms with Gasteiger partial charge in [-0.2, -0.15) is 11.8 Å². The van der Waals surface area contributed by atoms with Crippen LogP contribution in [0, 0.1) is 0 Å². The van der Waals surface area contributed by atoms with Crippen LogP contribution in [-0.2, 0) is 28.8 Å². The van der Waals surface area contributed by atoms with Crippen molar-refractivity contribution in [2.75, 3.05) is 18.6 Å². The van der Waals surface area contributed by atoms with Gasteiger partial charge in [0.1, 0.15) is 18.1 Å². The van der Waals surface area contributed by atoms with Gasteiger partial charge in [-0.25, -0.2) is 4.79 Å². The highest BCUT2D eigenvalue weighted by atomic mass is 32.2. The molecule has 0 saturated carbocycles. The van der Waals surface area contributed by atoms with E-state index in [0.29, 0.717) is 5.75 Å². The third kappa shape index (κ3) is 14.0. The molecule has 0 aromatic carbocycles. The van der Waals surface area contributed by atoms with Crippen LogP contribution >= 0.6 is 11.8 Å². The molecule has 204 valence electrons. The Balaban J connectivity index is 5.46. The number of carbonyl (C=O) groups excluding carboxylic acids is 3. The van der Waals surface area contributed by atoms with E-state index in [0.717, 1.165) is 0 Å². The van der Waals surface area contributed by atoms with Crippen LogP contribution in [-0.4, -0.2) is 99.6 Å². The lowest BCUT2D eigenvalue weighted by Crippen LogP contribution is -2.57. The number of carbonyl (C=O) groups is 6. The van der Waals surface area contributed by atoms with E-state index in [2.05, 4.69) is 20.9 Å². The van der Waals surface area contributed by atoms with Crippen molar-refractivity contribution >= 4 is 53.4 Å². The summed E-state index contributed by atoms with van der Waals surface area (Å²) >= 11 is 1.33. The van der Waals surface area contributed by atoms with E-state index >= 15 is 0 Å². The van der Waals surface area contributed by atoms with E-state index in [-0.39, 0.29) is 31.8 Å². The minimum absolute atomic E-state index is 0.0580. The molecule has 0 aliphatic heterocycles. The first-order chi connectivity index (χ1) is 16.8. The number of nitrogens with zero attached hydrogens (tertiary/aromatic N) is 1. The van der Waals surface area contributed by atoms with Gasteiger partial charge in [-0.3, -0.25) is 29.0 Å². The van der Waals surface area contributed by atoms with Gasteiger partial charge < -0.3 is 48.5 Å². The Hall–Kier alpha value is -3.60. The van der Waals surface area contributed by atoms with Crippen molar-refractivity contribution in [3.05, 3.63) is 0 Å². The fourth-order valence-electron chi connectivity index (χ4n) is 2.75. The third-order valence-corrected chi connectivity index (χ3v) is 5.19. The number of carboxylic acids is 3. The quantitative estimate of drug-likeness (QED) is 0.0470. The van der Waals surface area contributed by atoms with Gasteiger partial charge in [0.2, 0.25) is 17.7 Å². The Labute approximate surface area is 210 Å². The van der Waals surface area contributed by atoms with Gasteiger partial charge in [-0.05, 0) is 31.3 Å². The number of nitrogens with one attached hydrogen (secondary N) is 3. The zero-order chi connectivity index (χ0) is 27.8. The Bertz CT molecular complexity index is 836. The van der Waals surface area contributed by atoms with E-state index in [1.165, 1.54) is 11.8 Å². The van der Waals surface area contributed by atoms with Crippen LogP contribution in [0.4, 0.5) is 0 Å². The second-order valence-electron chi connectivity index (χ2n) is 7.55. The van der Waals surface area contributed by atoms with E-state index in [9.17, 15) is 33.9 Å². The van der Waals surface area contributed by atoms with Crippen LogP contribution in [0.25, 0.3) is 0 Å². The summed E-state index contributed by atoms with van der Waals surface area (Å²) in [5.41, 5.74) is 15.9. The molecule has 0 bridgehead atoms. The summed E-state index contributed by atoms with van der Waals surface area (Å²) in [5, 5.41) is 34.0. The smallest absolute Gasteiger partial charge is 0.326 e. The van der Waals surface area contributed by atoms with Crippen molar-refractivity contribution in [3.8, 4) is 0 Å². The molecule has 0 fully saturated rings. The molecule has 0 aliphatic carbocycles. The Morgan fingerprint density at radius 3 is 1.83 bits per heavy atom. The molecule has 0 heterocycles. The molecule has 4 atom stereocenters. The van der Waals surface area contributed by atoms with Crippen molar-refractivity contribution in [2.24, 2.45) is 22.2 Å². The molecule has 16 nitrogen and oxygen atoms in total. The molecule has 0 spiro atoms. The number of carboxylic acid groups (broad SMARTS) is 3. The van der Waals surface area contributed by atoms with Crippen LogP contribution in [0.2, 0.25) is 0 Å². The summed E-state index contributed by atoms with van der Waals surface area (Å²) in [4.78, 5) is 74.9. The van der Waals surface area contributed by atoms with Gasteiger partial charge in [-0.15, -0.1) is 0 Å². The summed E-state index contributed by atoms with van der Waals surface area (Å²) < 4.78 is 0. The largest absolute Gasteiger partial charge is 0.481 e. The number of aliphatic imine (C=N–C) groups is 1. The molecule has 4 unspecified atom stereocenters. The summed E-state index contributed by atoms with van der Waals surface area (Å²) in [6, 6.07) is -5.79. The molecular weight excluding hydrogens is 502 g/mol. The number of nitrogens with two attached hydrogens (primary N) is 3. The van der Waals surface area contributed by atoms with Crippen LogP contribution in [0.5, 0.6) is 0 Å². The van der Waals surface area contributed by atoms with Crippen molar-refractivity contribution in [1.29, 1.82) is 0 Å². The minimum Gasteiger partial charge on any atom is -0.481 e. The van der Waals surface area contributed by atoms with Crippen molar-refractivity contribution in [3.63, 3.8) is 0 Å². The molecule has 3 amide bonds. The third-order valence-electron chi connectivity index (χ3n) is 4.55. The average Bonchev–Trinajstić information content (AvgIpc) is 2.76. The molecule has 0 rings (SSSR count). The van der Waals surface area contributed by atoms with Gasteiger partial charge in [-0.1, -0.05) is 0 Å². The predicted octanol–water partition coefficient (Wildman–Crippen LogP) is -3.39. The Morgan fingerprint density at radius 1 is 0.806 bits per heavy atom. The molecular formula is C19H33N7O9S. The zero-order valence-electron chi connectivity index (χ0n) is 19.6. The van der Waals surface area contributed by atoms with E-state index in [1.54, 1.807) is 6.26 Å². The fraction of sp³-hybridized carbons (Fsp3) is 0.632. The van der Waals surface area contributed by atoms with Crippen LogP contribution in [0.3, 0.4) is 0 Å². The normalized spacial score (nSPS) is 13.8. The number of rotatable bonds is 18. The molecule has 17 heteroatoms. The van der Waals surface area contributed by atoms with Gasteiger partial charge in [0.25, 0.3) is 0 Å². The van der Waals surface area contributed by atoms with Gasteiger partial charge in [0.15, 0.2) is 5.96 Å². The average molecular weight is 536 g/mol. The topological polar surface area (TPSA) is 290 Å². The lowest BCUT2D eigenvalue weighted by atomic mass is 10.1. The summed E-state index contributed by atoms with van der Waals surface area (Å²) in [6.07, 6.45) is 0.325. The van der Waals surface area contributed by atoms with Crippen LogP contribution in [0.15, 0.2) is 4.99 Å². The van der Waals surface area contributed by atoms with Crippen molar-refractivity contribution in [1.82, 2.24) is 16.0 Å². The fourth-order valence-corrected chi connectivity index (χ4v) is 3.22. The van der Waals surface area contributed by atoms with E-state index < -0.39 is 72.6 Å². The Morgan fingerprint density at radius 2 is 1.33 bits per heavy atom. The second kappa shape index (κ2) is 16.9. The monoisotopic (exact) mass is 535 g/mol. The standard InChI is InChI=1S/C19H33N7O9S/c1-36-6-4-10(24-15(31)9(20)7-13(27)28)16(32)26-12(8-14(29)30)17(33)25-11(18(34)35)3-2-5-23-19(21)22/h9-12H,2-8,20H2,1H3,(H,24,31)(H,25,33)(H,26,32)(H,27,28)(H,29,30)(H,34,35)(H4,21,22,23). The molecule has 0 aromatic heterocycles. The zero-order valence-corrected chi connectivity index (χ0v) is 20.5. The van der Waals surface area contributed by atoms with Gasteiger partial charge in [0, 0.05) is 6.54 Å². The first-order valence-electron chi connectivity index (χ1n) is 10.7. The first kappa shape index (κ1) is 32.4. The van der Waals surface area contributed by atoms with E-state index in [1.807, 2.05) is 0 Å². The summed E-state index contributed by atoms with van der Waals surface area (Å²) in [6.45, 7) is 0.0953. The molecule has 12 N–H and O–H groups in total. The van der Waals surface area contributed by atoms with Crippen LogP contribution < -0.4 is 33.2 Å². The number of aliphatic carboxylic acids is 3. The highest BCUT2D eigenvalue weighted by molar-refractivity contribution is 7.98. The maximum absolute atomic E-state index is 12.8. The molecule has 36 heavy (non-hydrogen) atoms. The number of amides is 3. The number of hydrogen-bond donors (Lipinski definition) is 9. The van der Waals surface area contributed by atoms with Gasteiger partial charge >= 0.3 is 17.9 Å². The maximum atomic E-state index is 12.8. The lowest BCUT2D eigenvalue weighted by molar-refractivity contribution is -0.143. The Kier molecular flexibility index (Phi) is 15.2. The van der Waals surface area contributed by atoms with Crippen molar-refractivity contribution in [2.45, 2.75) is 56.3 Å². The number of guanidine groups is 1. The first-order valence-corrected chi connectivity index (χ1v) is 12.0. The van der Waals surface area contributed by atoms with Gasteiger partial charge in [0.05, 0.1) is 18.9 Å². The molecule has 0 aromatic rings. The number of hydrogen-bond acceptors (Lipinski definition) is 9. The second-order valence-corrected chi connectivity index (χ2v) is 8.54. The summed E-state index contributed by atoms with van der Waals surface area (Å²) in [5.74, 6) is -6.93. The molecule has 0 radical (unpaired) electrons.